The molecule has 0 bridgehead atoms. The van der Waals surface area contributed by atoms with E-state index in [4.69, 9.17) is 42.1 Å². The molecule has 4 amide bonds. The Morgan fingerprint density at radius 1 is 0.469 bits per heavy atom. The Morgan fingerprint density at radius 3 is 1.10 bits per heavy atom. The molecule has 17 heteroatoms. The molecule has 4 aromatic carbocycles. The van der Waals surface area contributed by atoms with E-state index < -0.39 is 24.4 Å². The summed E-state index contributed by atoms with van der Waals surface area (Å²) in [4.78, 5) is 51.6. The molecule has 0 saturated heterocycles. The number of para-hydroxylation sites is 2. The van der Waals surface area contributed by atoms with Gasteiger partial charge in [0, 0.05) is 38.0 Å². The van der Waals surface area contributed by atoms with Crippen LogP contribution in [0.4, 0.5) is 19.2 Å². The van der Waals surface area contributed by atoms with Gasteiger partial charge in [0.15, 0.2) is 11.5 Å². The topological polar surface area (TPSA) is 118 Å². The molecule has 49 heavy (non-hydrogen) atoms. The molecule has 0 saturated carbocycles. The number of carbonyl (C=O) groups excluding carboxylic acids is 4. The normalized spacial score (nSPS) is 10.4. The first-order chi connectivity index (χ1) is 23.4. The van der Waals surface area contributed by atoms with Crippen molar-refractivity contribution in [2.45, 2.75) is 9.79 Å². The van der Waals surface area contributed by atoms with Crippen LogP contribution in [0.25, 0.3) is 0 Å². The SMILES string of the molecule is CN(SN(C)C(=O)Oc1ccccc1Cl)C(=O)Oc1ccc(Sc2ccc(OC(=O)N(C)SN(C)C(=O)Oc3ccccc3Cl)cc2)cc1. The summed E-state index contributed by atoms with van der Waals surface area (Å²) in [6.45, 7) is 0. The average Bonchev–Trinajstić information content (AvgIpc) is 3.08. The Hall–Kier alpha value is -4.41. The predicted molar refractivity (Wildman–Crippen MR) is 190 cm³/mol. The van der Waals surface area contributed by atoms with Crippen LogP contribution >= 0.6 is 59.2 Å². The molecule has 0 aliphatic rings. The molecule has 256 valence electrons. The van der Waals surface area contributed by atoms with Gasteiger partial charge in [0.2, 0.25) is 0 Å². The van der Waals surface area contributed by atoms with E-state index in [9.17, 15) is 19.2 Å². The number of halogens is 2. The lowest BCUT2D eigenvalue weighted by Gasteiger charge is -2.21. The third kappa shape index (κ3) is 11.3. The molecule has 12 nitrogen and oxygen atoms in total. The van der Waals surface area contributed by atoms with Gasteiger partial charge in [0.25, 0.3) is 0 Å². The molecular weight excluding hydrogens is 735 g/mol. The van der Waals surface area contributed by atoms with E-state index in [0.29, 0.717) is 11.5 Å². The minimum Gasteiger partial charge on any atom is -0.410 e. The van der Waals surface area contributed by atoms with E-state index in [1.807, 2.05) is 0 Å². The molecular formula is C32H28Cl2N4O8S3. The molecule has 0 fully saturated rings. The maximum Gasteiger partial charge on any atom is 0.426 e. The highest BCUT2D eigenvalue weighted by Crippen LogP contribution is 2.31. The number of nitrogens with zero attached hydrogens (tertiary/aromatic N) is 4. The van der Waals surface area contributed by atoms with Gasteiger partial charge in [-0.3, -0.25) is 0 Å². The van der Waals surface area contributed by atoms with Crippen LogP contribution < -0.4 is 18.9 Å². The lowest BCUT2D eigenvalue weighted by molar-refractivity contribution is 0.179. The van der Waals surface area contributed by atoms with Crippen LogP contribution in [0.2, 0.25) is 10.0 Å². The molecule has 0 radical (unpaired) electrons. The van der Waals surface area contributed by atoms with E-state index in [2.05, 4.69) is 0 Å². The van der Waals surface area contributed by atoms with Crippen molar-refractivity contribution in [1.29, 1.82) is 0 Å². The van der Waals surface area contributed by atoms with E-state index in [1.165, 1.54) is 40.0 Å². The van der Waals surface area contributed by atoms with Crippen molar-refractivity contribution in [1.82, 2.24) is 17.2 Å². The Kier molecular flexibility index (Phi) is 13.6. The predicted octanol–water partition coefficient (Wildman–Crippen LogP) is 9.39. The van der Waals surface area contributed by atoms with Crippen molar-refractivity contribution in [2.24, 2.45) is 0 Å². The van der Waals surface area contributed by atoms with Crippen molar-refractivity contribution in [3.8, 4) is 23.0 Å². The molecule has 0 aliphatic heterocycles. The van der Waals surface area contributed by atoms with Gasteiger partial charge < -0.3 is 18.9 Å². The summed E-state index contributed by atoms with van der Waals surface area (Å²) in [6, 6.07) is 26.7. The van der Waals surface area contributed by atoms with Crippen molar-refractivity contribution >= 4 is 83.6 Å². The Labute approximate surface area is 305 Å². The van der Waals surface area contributed by atoms with Crippen molar-refractivity contribution in [3.05, 3.63) is 107 Å². The highest BCUT2D eigenvalue weighted by atomic mass is 35.5. The van der Waals surface area contributed by atoms with Gasteiger partial charge in [-0.2, -0.15) is 0 Å². The summed E-state index contributed by atoms with van der Waals surface area (Å²) in [6.07, 6.45) is -2.87. The lowest BCUT2D eigenvalue weighted by atomic mass is 10.3. The lowest BCUT2D eigenvalue weighted by Crippen LogP contribution is -2.32. The summed E-state index contributed by atoms with van der Waals surface area (Å²) in [5, 5.41) is 0.560. The zero-order chi connectivity index (χ0) is 35.5. The van der Waals surface area contributed by atoms with Crippen molar-refractivity contribution in [2.75, 3.05) is 28.2 Å². The smallest absolute Gasteiger partial charge is 0.410 e. The van der Waals surface area contributed by atoms with Crippen LogP contribution in [0, 0.1) is 0 Å². The minimum absolute atomic E-state index is 0.198. The summed E-state index contributed by atoms with van der Waals surface area (Å²) in [5.74, 6) is 0.997. The van der Waals surface area contributed by atoms with Crippen LogP contribution in [0.1, 0.15) is 0 Å². The highest BCUT2D eigenvalue weighted by molar-refractivity contribution is 7.99. The van der Waals surface area contributed by atoms with Crippen molar-refractivity contribution < 1.29 is 38.1 Å². The summed E-state index contributed by atoms with van der Waals surface area (Å²) < 4.78 is 25.8. The molecule has 0 N–H and O–H groups in total. The van der Waals surface area contributed by atoms with Gasteiger partial charge >= 0.3 is 24.4 Å². The van der Waals surface area contributed by atoms with Gasteiger partial charge in [-0.05, 0) is 72.8 Å². The summed E-state index contributed by atoms with van der Waals surface area (Å²) >= 11 is 15.1. The minimum atomic E-state index is -0.728. The Bertz CT molecular complexity index is 1660. The number of hydrogen-bond donors (Lipinski definition) is 0. The Morgan fingerprint density at radius 2 is 0.776 bits per heavy atom. The molecule has 0 heterocycles. The fraction of sp³-hybridized carbons (Fsp3) is 0.125. The molecule has 4 rings (SSSR count). The number of amides is 4. The van der Waals surface area contributed by atoms with Crippen LogP contribution in [-0.4, -0.2) is 69.8 Å². The standard InChI is InChI=1S/C32H28Cl2N4O8S3/c1-35(48-37(3)31(41)45-27-11-7-5-9-25(27)33)29(39)43-21-13-17-23(18-14-21)47-24-19-15-22(16-20-24)44-30(40)36(2)49-38(4)32(42)46-28-12-8-6-10-26(28)34/h5-20H,1-4H3. The monoisotopic (exact) mass is 762 g/mol. The van der Waals surface area contributed by atoms with E-state index in [-0.39, 0.29) is 21.5 Å². The number of rotatable bonds is 10. The number of carbonyl (C=O) groups is 4. The zero-order valence-corrected chi connectivity index (χ0v) is 30.2. The zero-order valence-electron chi connectivity index (χ0n) is 26.3. The van der Waals surface area contributed by atoms with E-state index in [1.54, 1.807) is 97.1 Å². The Balaban J connectivity index is 1.21. The molecule has 0 spiro atoms. The summed E-state index contributed by atoms with van der Waals surface area (Å²) in [5.41, 5.74) is 0. The van der Waals surface area contributed by atoms with Gasteiger partial charge in [0.1, 0.15) is 11.5 Å². The van der Waals surface area contributed by atoms with Crippen molar-refractivity contribution in [3.63, 3.8) is 0 Å². The second-order valence-electron chi connectivity index (χ2n) is 9.53. The molecule has 0 aromatic heterocycles. The first kappa shape index (κ1) is 37.4. The van der Waals surface area contributed by atoms with Gasteiger partial charge in [-0.25, -0.2) is 36.4 Å². The van der Waals surface area contributed by atoms with E-state index in [0.717, 1.165) is 51.3 Å². The second kappa shape index (κ2) is 17.8. The summed E-state index contributed by atoms with van der Waals surface area (Å²) in [7, 11) is 5.79. The van der Waals surface area contributed by atoms with Gasteiger partial charge in [-0.1, -0.05) is 59.2 Å². The third-order valence-electron chi connectivity index (χ3n) is 5.88. The fourth-order valence-corrected chi connectivity index (χ4v) is 5.81. The molecule has 0 atom stereocenters. The number of ether oxygens (including phenoxy) is 4. The van der Waals surface area contributed by atoms with Crippen LogP contribution in [0.3, 0.4) is 0 Å². The molecule has 4 aromatic rings. The quantitative estimate of drug-likeness (QED) is 0.144. The van der Waals surface area contributed by atoms with Crippen LogP contribution in [-0.2, 0) is 0 Å². The first-order valence-corrected chi connectivity index (χ1v) is 17.0. The second-order valence-corrected chi connectivity index (χ2v) is 14.0. The highest BCUT2D eigenvalue weighted by Gasteiger charge is 2.22. The average molecular weight is 764 g/mol. The van der Waals surface area contributed by atoms with E-state index >= 15 is 0 Å². The first-order valence-electron chi connectivity index (χ1n) is 13.9. The number of hydrogen-bond acceptors (Lipinski definition) is 11. The molecule has 0 aliphatic carbocycles. The fourth-order valence-electron chi connectivity index (χ4n) is 3.49. The van der Waals surface area contributed by atoms with Crippen LogP contribution in [0.5, 0.6) is 23.0 Å². The van der Waals surface area contributed by atoms with Gasteiger partial charge in [-0.15, -0.1) is 0 Å². The largest absolute Gasteiger partial charge is 0.426 e. The maximum absolute atomic E-state index is 12.6. The number of benzene rings is 4. The molecule has 0 unspecified atom stereocenters. The van der Waals surface area contributed by atoms with Gasteiger partial charge in [0.05, 0.1) is 34.3 Å². The van der Waals surface area contributed by atoms with Crippen LogP contribution in [0.15, 0.2) is 107 Å². The maximum atomic E-state index is 12.6. The third-order valence-corrected chi connectivity index (χ3v) is 9.10.